The summed E-state index contributed by atoms with van der Waals surface area (Å²) in [5.74, 6) is 0. The van der Waals surface area contributed by atoms with Crippen molar-refractivity contribution >= 4 is 5.69 Å². The molecule has 4 nitrogen and oxygen atoms in total. The van der Waals surface area contributed by atoms with E-state index in [-0.39, 0.29) is 12.6 Å². The van der Waals surface area contributed by atoms with Gasteiger partial charge in [0, 0.05) is 19.1 Å². The third-order valence-corrected chi connectivity index (χ3v) is 4.25. The van der Waals surface area contributed by atoms with Crippen molar-refractivity contribution in [2.24, 2.45) is 0 Å². The Kier molecular flexibility index (Phi) is 3.90. The van der Waals surface area contributed by atoms with Crippen molar-refractivity contribution < 1.29 is 5.11 Å². The maximum atomic E-state index is 9.43. The van der Waals surface area contributed by atoms with Crippen LogP contribution in [0.5, 0.6) is 0 Å². The van der Waals surface area contributed by atoms with Crippen LogP contribution in [0.1, 0.15) is 36.8 Å². The van der Waals surface area contributed by atoms with Gasteiger partial charge in [0.1, 0.15) is 6.07 Å². The molecule has 1 aliphatic heterocycles. The van der Waals surface area contributed by atoms with E-state index in [0.717, 1.165) is 42.7 Å². The monoisotopic (exact) mass is 271 g/mol. The summed E-state index contributed by atoms with van der Waals surface area (Å²) in [6.45, 7) is 1.93. The number of hydrogen-bond donors (Lipinski definition) is 2. The van der Waals surface area contributed by atoms with Crippen LogP contribution in [0.15, 0.2) is 18.2 Å². The molecule has 1 atom stereocenters. The summed E-state index contributed by atoms with van der Waals surface area (Å²) in [5.41, 5.74) is 2.86. The molecule has 1 aromatic carbocycles. The summed E-state index contributed by atoms with van der Waals surface area (Å²) in [5, 5.41) is 22.3. The molecule has 0 aromatic heterocycles. The smallest absolute Gasteiger partial charge is 0.101 e. The van der Waals surface area contributed by atoms with Crippen molar-refractivity contribution in [2.45, 2.75) is 44.3 Å². The molecule has 1 aliphatic carbocycles. The highest BCUT2D eigenvalue weighted by atomic mass is 16.3. The number of anilines is 1. The van der Waals surface area contributed by atoms with Crippen molar-refractivity contribution in [1.82, 2.24) is 5.32 Å². The molecule has 2 fully saturated rings. The van der Waals surface area contributed by atoms with Gasteiger partial charge in [-0.2, -0.15) is 5.26 Å². The highest BCUT2D eigenvalue weighted by molar-refractivity contribution is 5.61. The van der Waals surface area contributed by atoms with Crippen LogP contribution in [-0.2, 0) is 6.54 Å². The van der Waals surface area contributed by atoms with Crippen LogP contribution >= 0.6 is 0 Å². The molecular formula is C16H21N3O. The van der Waals surface area contributed by atoms with E-state index in [1.807, 2.05) is 12.1 Å². The van der Waals surface area contributed by atoms with Crippen molar-refractivity contribution in [3.63, 3.8) is 0 Å². The van der Waals surface area contributed by atoms with Gasteiger partial charge < -0.3 is 15.3 Å². The molecule has 1 aromatic rings. The fraction of sp³-hybridized carbons (Fsp3) is 0.562. The Bertz CT molecular complexity index is 519. The van der Waals surface area contributed by atoms with Gasteiger partial charge in [0.15, 0.2) is 0 Å². The van der Waals surface area contributed by atoms with Gasteiger partial charge in [-0.3, -0.25) is 0 Å². The van der Waals surface area contributed by atoms with Gasteiger partial charge in [-0.1, -0.05) is 6.07 Å². The van der Waals surface area contributed by atoms with E-state index in [0.29, 0.717) is 6.04 Å². The number of aliphatic hydroxyl groups is 1. The Hall–Kier alpha value is -1.57. The van der Waals surface area contributed by atoms with Gasteiger partial charge in [0.2, 0.25) is 0 Å². The molecule has 0 spiro atoms. The molecule has 1 unspecified atom stereocenters. The first-order valence-electron chi connectivity index (χ1n) is 7.45. The fourth-order valence-corrected chi connectivity index (χ4v) is 2.93. The molecular weight excluding hydrogens is 250 g/mol. The van der Waals surface area contributed by atoms with Crippen LogP contribution in [0, 0.1) is 11.3 Å². The lowest BCUT2D eigenvalue weighted by atomic mass is 10.1. The molecule has 4 heteroatoms. The SMILES string of the molecule is N#Cc1cc(CNC2CC2)ccc1N1CCCC1CO. The molecule has 2 N–H and O–H groups in total. The number of nitrogens with one attached hydrogen (secondary N) is 1. The molecule has 1 saturated carbocycles. The standard InChI is InChI=1S/C16H21N3O/c17-9-13-8-12(10-18-14-4-5-14)3-6-16(13)19-7-1-2-15(19)11-20/h3,6,8,14-15,18,20H,1-2,4-5,7,10-11H2. The highest BCUT2D eigenvalue weighted by Crippen LogP contribution is 2.29. The highest BCUT2D eigenvalue weighted by Gasteiger charge is 2.26. The van der Waals surface area contributed by atoms with Crippen LogP contribution < -0.4 is 10.2 Å². The molecule has 1 heterocycles. The third kappa shape index (κ3) is 2.79. The van der Waals surface area contributed by atoms with E-state index in [4.69, 9.17) is 0 Å². The van der Waals surface area contributed by atoms with Crippen molar-refractivity contribution in [3.8, 4) is 6.07 Å². The lowest BCUT2D eigenvalue weighted by Crippen LogP contribution is -2.32. The van der Waals surface area contributed by atoms with Crippen molar-refractivity contribution in [1.29, 1.82) is 5.26 Å². The van der Waals surface area contributed by atoms with E-state index in [2.05, 4.69) is 22.4 Å². The topological polar surface area (TPSA) is 59.3 Å². The van der Waals surface area contributed by atoms with Gasteiger partial charge in [0.05, 0.1) is 23.9 Å². The summed E-state index contributed by atoms with van der Waals surface area (Å²) in [6.07, 6.45) is 4.64. The van der Waals surface area contributed by atoms with Gasteiger partial charge >= 0.3 is 0 Å². The maximum Gasteiger partial charge on any atom is 0.101 e. The first-order chi connectivity index (χ1) is 9.81. The van der Waals surface area contributed by atoms with Gasteiger partial charge in [0.25, 0.3) is 0 Å². The summed E-state index contributed by atoms with van der Waals surface area (Å²) in [6, 6.07) is 9.27. The Morgan fingerprint density at radius 1 is 1.35 bits per heavy atom. The second kappa shape index (κ2) is 5.82. The second-order valence-electron chi connectivity index (χ2n) is 5.79. The Morgan fingerprint density at radius 2 is 2.20 bits per heavy atom. The maximum absolute atomic E-state index is 9.43. The predicted octanol–water partition coefficient (Wildman–Crippen LogP) is 1.77. The van der Waals surface area contributed by atoms with Crippen molar-refractivity contribution in [2.75, 3.05) is 18.1 Å². The molecule has 20 heavy (non-hydrogen) atoms. The lowest BCUT2D eigenvalue weighted by molar-refractivity contribution is 0.266. The average Bonchev–Trinajstić information content (AvgIpc) is 3.20. The van der Waals surface area contributed by atoms with Gasteiger partial charge in [-0.25, -0.2) is 0 Å². The zero-order valence-corrected chi connectivity index (χ0v) is 11.7. The zero-order valence-electron chi connectivity index (χ0n) is 11.7. The normalized spacial score (nSPS) is 22.0. The Morgan fingerprint density at radius 3 is 2.90 bits per heavy atom. The van der Waals surface area contributed by atoms with E-state index in [1.165, 1.54) is 12.8 Å². The fourth-order valence-electron chi connectivity index (χ4n) is 2.93. The number of benzene rings is 1. The average molecular weight is 271 g/mol. The minimum absolute atomic E-state index is 0.163. The van der Waals surface area contributed by atoms with E-state index >= 15 is 0 Å². The molecule has 0 amide bonds. The minimum Gasteiger partial charge on any atom is -0.394 e. The van der Waals surface area contributed by atoms with Crippen LogP contribution in [0.2, 0.25) is 0 Å². The number of aliphatic hydroxyl groups excluding tert-OH is 1. The number of rotatable bonds is 5. The summed E-state index contributed by atoms with van der Waals surface area (Å²) < 4.78 is 0. The van der Waals surface area contributed by atoms with Gasteiger partial charge in [-0.05, 0) is 43.4 Å². The van der Waals surface area contributed by atoms with Crippen molar-refractivity contribution in [3.05, 3.63) is 29.3 Å². The number of hydrogen-bond acceptors (Lipinski definition) is 4. The summed E-state index contributed by atoms with van der Waals surface area (Å²) >= 11 is 0. The second-order valence-corrected chi connectivity index (χ2v) is 5.79. The Balaban J connectivity index is 1.78. The third-order valence-electron chi connectivity index (χ3n) is 4.25. The van der Waals surface area contributed by atoms with E-state index in [9.17, 15) is 10.4 Å². The first kappa shape index (κ1) is 13.4. The molecule has 0 radical (unpaired) electrons. The minimum atomic E-state index is 0.163. The molecule has 0 bridgehead atoms. The first-order valence-corrected chi connectivity index (χ1v) is 7.45. The molecule has 106 valence electrons. The quantitative estimate of drug-likeness (QED) is 0.857. The predicted molar refractivity (Wildman–Crippen MR) is 78.5 cm³/mol. The Labute approximate surface area is 120 Å². The largest absolute Gasteiger partial charge is 0.394 e. The molecule has 3 rings (SSSR count). The summed E-state index contributed by atoms with van der Waals surface area (Å²) in [7, 11) is 0. The van der Waals surface area contributed by atoms with Crippen LogP contribution in [0.3, 0.4) is 0 Å². The zero-order chi connectivity index (χ0) is 13.9. The number of nitrogens with zero attached hydrogens (tertiary/aromatic N) is 2. The molecule has 2 aliphatic rings. The van der Waals surface area contributed by atoms with Crippen LogP contribution in [-0.4, -0.2) is 30.3 Å². The summed E-state index contributed by atoms with van der Waals surface area (Å²) in [4.78, 5) is 2.18. The van der Waals surface area contributed by atoms with Gasteiger partial charge in [-0.15, -0.1) is 0 Å². The molecule has 1 saturated heterocycles. The lowest BCUT2D eigenvalue weighted by Gasteiger charge is -2.26. The van der Waals surface area contributed by atoms with Crippen LogP contribution in [0.25, 0.3) is 0 Å². The van der Waals surface area contributed by atoms with E-state index < -0.39 is 0 Å². The van der Waals surface area contributed by atoms with Crippen LogP contribution in [0.4, 0.5) is 5.69 Å². The van der Waals surface area contributed by atoms with E-state index in [1.54, 1.807) is 0 Å². The number of nitriles is 1.